The monoisotopic (exact) mass is 368 g/mol. The number of hydrogen-bond donors (Lipinski definition) is 1. The van der Waals surface area contributed by atoms with E-state index in [1.807, 2.05) is 50.2 Å². The molecule has 0 unspecified atom stereocenters. The topological polar surface area (TPSA) is 60.5 Å². The third-order valence-corrected chi connectivity index (χ3v) is 4.89. The third-order valence-electron chi connectivity index (χ3n) is 4.00. The maximum Gasteiger partial charge on any atom is 0.275 e. The van der Waals surface area contributed by atoms with Gasteiger partial charge >= 0.3 is 0 Å². The lowest BCUT2D eigenvalue weighted by atomic mass is 10.1. The molecule has 0 aliphatic heterocycles. The van der Waals surface area contributed by atoms with Crippen molar-refractivity contribution in [3.05, 3.63) is 58.6 Å². The van der Waals surface area contributed by atoms with Crippen LogP contribution in [0.4, 0.5) is 5.69 Å². The molecule has 0 saturated carbocycles. The molecule has 0 aliphatic carbocycles. The standard InChI is InChI=1S/C20H20N2O3S/c1-12-5-7-15(13(2)9-12)21-19(23)16-11-26-20(22-16)14-6-8-17(24-3)18(10-14)25-4/h5-11H,1-4H3,(H,21,23). The molecule has 1 N–H and O–H groups in total. The first-order valence-electron chi connectivity index (χ1n) is 8.08. The van der Waals surface area contributed by atoms with E-state index in [-0.39, 0.29) is 5.91 Å². The Kier molecular flexibility index (Phi) is 5.23. The summed E-state index contributed by atoms with van der Waals surface area (Å²) in [7, 11) is 3.18. The number of thiazole rings is 1. The number of rotatable bonds is 5. The first kappa shape index (κ1) is 17.9. The largest absolute Gasteiger partial charge is 0.493 e. The van der Waals surface area contributed by atoms with E-state index < -0.39 is 0 Å². The van der Waals surface area contributed by atoms with Crippen molar-refractivity contribution in [3.63, 3.8) is 0 Å². The maximum absolute atomic E-state index is 12.5. The molecule has 1 amide bonds. The smallest absolute Gasteiger partial charge is 0.275 e. The Bertz CT molecular complexity index is 950. The third kappa shape index (κ3) is 3.70. The summed E-state index contributed by atoms with van der Waals surface area (Å²) in [6, 6.07) is 11.5. The number of carbonyl (C=O) groups is 1. The number of anilines is 1. The molecule has 5 nitrogen and oxygen atoms in total. The van der Waals surface area contributed by atoms with Gasteiger partial charge in [-0.25, -0.2) is 4.98 Å². The van der Waals surface area contributed by atoms with E-state index in [9.17, 15) is 4.79 Å². The summed E-state index contributed by atoms with van der Waals surface area (Å²) in [6.45, 7) is 3.99. The van der Waals surface area contributed by atoms with Gasteiger partial charge in [-0.1, -0.05) is 17.7 Å². The Balaban J connectivity index is 1.82. The molecular weight excluding hydrogens is 348 g/mol. The van der Waals surface area contributed by atoms with Gasteiger partial charge in [-0.3, -0.25) is 4.79 Å². The molecule has 0 atom stereocenters. The summed E-state index contributed by atoms with van der Waals surface area (Å²) in [6.07, 6.45) is 0. The van der Waals surface area contributed by atoms with Gasteiger partial charge in [0, 0.05) is 16.6 Å². The van der Waals surface area contributed by atoms with E-state index in [1.165, 1.54) is 11.3 Å². The predicted octanol–water partition coefficient (Wildman–Crippen LogP) is 4.70. The van der Waals surface area contributed by atoms with Crippen molar-refractivity contribution < 1.29 is 14.3 Å². The molecule has 26 heavy (non-hydrogen) atoms. The molecule has 3 aromatic rings. The van der Waals surface area contributed by atoms with Crippen LogP contribution in [-0.4, -0.2) is 25.1 Å². The van der Waals surface area contributed by atoms with Crippen LogP contribution >= 0.6 is 11.3 Å². The highest BCUT2D eigenvalue weighted by molar-refractivity contribution is 7.13. The summed E-state index contributed by atoms with van der Waals surface area (Å²) >= 11 is 1.41. The minimum absolute atomic E-state index is 0.222. The van der Waals surface area contributed by atoms with Crippen LogP contribution in [-0.2, 0) is 0 Å². The number of benzene rings is 2. The lowest BCUT2D eigenvalue weighted by Gasteiger charge is -2.08. The van der Waals surface area contributed by atoms with Crippen LogP contribution in [0.2, 0.25) is 0 Å². The number of nitrogens with one attached hydrogen (secondary N) is 1. The van der Waals surface area contributed by atoms with E-state index in [0.717, 1.165) is 27.4 Å². The zero-order valence-corrected chi connectivity index (χ0v) is 15.9. The molecule has 134 valence electrons. The molecule has 1 heterocycles. The Labute approximate surface area is 156 Å². The Morgan fingerprint density at radius 2 is 1.81 bits per heavy atom. The van der Waals surface area contributed by atoms with E-state index >= 15 is 0 Å². The first-order valence-corrected chi connectivity index (χ1v) is 8.96. The van der Waals surface area contributed by atoms with Crippen molar-refractivity contribution in [2.24, 2.45) is 0 Å². The van der Waals surface area contributed by atoms with Crippen molar-refractivity contribution in [3.8, 4) is 22.1 Å². The van der Waals surface area contributed by atoms with Gasteiger partial charge in [0.1, 0.15) is 10.7 Å². The highest BCUT2D eigenvalue weighted by Gasteiger charge is 2.14. The van der Waals surface area contributed by atoms with Crippen molar-refractivity contribution in [1.29, 1.82) is 0 Å². The summed E-state index contributed by atoms with van der Waals surface area (Å²) in [5, 5.41) is 5.42. The normalized spacial score (nSPS) is 10.5. The predicted molar refractivity (Wildman–Crippen MR) is 105 cm³/mol. The minimum atomic E-state index is -0.222. The second-order valence-electron chi connectivity index (χ2n) is 5.88. The Morgan fingerprint density at radius 1 is 1.04 bits per heavy atom. The summed E-state index contributed by atoms with van der Waals surface area (Å²) in [5.74, 6) is 1.06. The highest BCUT2D eigenvalue weighted by Crippen LogP contribution is 2.33. The Hall–Kier alpha value is -2.86. The van der Waals surface area contributed by atoms with Gasteiger partial charge in [0.2, 0.25) is 0 Å². The van der Waals surface area contributed by atoms with Crippen molar-refractivity contribution in [2.75, 3.05) is 19.5 Å². The van der Waals surface area contributed by atoms with Crippen LogP contribution in [0.25, 0.3) is 10.6 Å². The number of hydrogen-bond acceptors (Lipinski definition) is 5. The molecule has 3 rings (SSSR count). The SMILES string of the molecule is COc1ccc(-c2nc(C(=O)Nc3ccc(C)cc3C)cs2)cc1OC. The quantitative estimate of drug-likeness (QED) is 0.709. The van der Waals surface area contributed by atoms with E-state index in [0.29, 0.717) is 17.2 Å². The summed E-state index contributed by atoms with van der Waals surface area (Å²) in [5.41, 5.74) is 4.23. The lowest BCUT2D eigenvalue weighted by Crippen LogP contribution is -2.13. The number of nitrogens with zero attached hydrogens (tertiary/aromatic N) is 1. The van der Waals surface area contributed by atoms with Gasteiger partial charge in [0.05, 0.1) is 14.2 Å². The fourth-order valence-corrected chi connectivity index (χ4v) is 3.42. The molecular formula is C20H20N2O3S. The molecule has 0 fully saturated rings. The Morgan fingerprint density at radius 3 is 2.50 bits per heavy atom. The number of aryl methyl sites for hydroxylation is 2. The number of carbonyl (C=O) groups excluding carboxylic acids is 1. The van der Waals surface area contributed by atoms with Crippen molar-refractivity contribution in [2.45, 2.75) is 13.8 Å². The lowest BCUT2D eigenvalue weighted by molar-refractivity contribution is 0.102. The average molecular weight is 368 g/mol. The van der Waals surface area contributed by atoms with Crippen LogP contribution in [0.15, 0.2) is 41.8 Å². The second kappa shape index (κ2) is 7.58. The fourth-order valence-electron chi connectivity index (χ4n) is 2.62. The molecule has 6 heteroatoms. The van der Waals surface area contributed by atoms with Gasteiger partial charge in [0.25, 0.3) is 5.91 Å². The van der Waals surface area contributed by atoms with Gasteiger partial charge in [0.15, 0.2) is 11.5 Å². The van der Waals surface area contributed by atoms with Crippen LogP contribution in [0.5, 0.6) is 11.5 Å². The molecule has 1 aromatic heterocycles. The van der Waals surface area contributed by atoms with Crippen LogP contribution in [0.3, 0.4) is 0 Å². The molecule has 0 saturated heterocycles. The average Bonchev–Trinajstić information content (AvgIpc) is 3.13. The molecule has 0 spiro atoms. The minimum Gasteiger partial charge on any atom is -0.493 e. The summed E-state index contributed by atoms with van der Waals surface area (Å²) < 4.78 is 10.6. The van der Waals surface area contributed by atoms with Gasteiger partial charge < -0.3 is 14.8 Å². The number of amides is 1. The van der Waals surface area contributed by atoms with Gasteiger partial charge in [-0.2, -0.15) is 0 Å². The highest BCUT2D eigenvalue weighted by atomic mass is 32.1. The van der Waals surface area contributed by atoms with Crippen LogP contribution in [0.1, 0.15) is 21.6 Å². The zero-order valence-electron chi connectivity index (χ0n) is 15.1. The van der Waals surface area contributed by atoms with Gasteiger partial charge in [-0.05, 0) is 43.7 Å². The molecule has 0 radical (unpaired) electrons. The fraction of sp³-hybridized carbons (Fsp3) is 0.200. The molecule has 0 bridgehead atoms. The molecule has 2 aromatic carbocycles. The van der Waals surface area contributed by atoms with Gasteiger partial charge in [-0.15, -0.1) is 11.3 Å². The van der Waals surface area contributed by atoms with Crippen LogP contribution < -0.4 is 14.8 Å². The molecule has 0 aliphatic rings. The van der Waals surface area contributed by atoms with Crippen LogP contribution in [0, 0.1) is 13.8 Å². The van der Waals surface area contributed by atoms with E-state index in [1.54, 1.807) is 19.6 Å². The number of aromatic nitrogens is 1. The number of methoxy groups -OCH3 is 2. The van der Waals surface area contributed by atoms with Crippen molar-refractivity contribution >= 4 is 22.9 Å². The zero-order chi connectivity index (χ0) is 18.7. The second-order valence-corrected chi connectivity index (χ2v) is 6.74. The number of ether oxygens (including phenoxy) is 2. The van der Waals surface area contributed by atoms with E-state index in [2.05, 4.69) is 10.3 Å². The summed E-state index contributed by atoms with van der Waals surface area (Å²) in [4.78, 5) is 17.0. The first-order chi connectivity index (χ1) is 12.5. The van der Waals surface area contributed by atoms with E-state index in [4.69, 9.17) is 9.47 Å². The maximum atomic E-state index is 12.5. The van der Waals surface area contributed by atoms with Crippen molar-refractivity contribution in [1.82, 2.24) is 4.98 Å².